The molecule has 1 fully saturated rings. The lowest BCUT2D eigenvalue weighted by molar-refractivity contribution is -0.0835. The largest absolute Gasteiger partial charge is 0.508 e. The van der Waals surface area contributed by atoms with Crippen LogP contribution in [0.5, 0.6) is 11.5 Å². The number of amides is 1. The first kappa shape index (κ1) is 25.7. The third-order valence-corrected chi connectivity index (χ3v) is 6.92. The van der Waals surface area contributed by atoms with Gasteiger partial charge in [0.25, 0.3) is 5.91 Å². The van der Waals surface area contributed by atoms with Crippen LogP contribution in [0, 0.1) is 0 Å². The van der Waals surface area contributed by atoms with Crippen LogP contribution in [0.2, 0.25) is 5.02 Å². The highest BCUT2D eigenvalue weighted by atomic mass is 35.5. The van der Waals surface area contributed by atoms with Crippen LogP contribution in [0.3, 0.4) is 0 Å². The summed E-state index contributed by atoms with van der Waals surface area (Å²) in [5, 5.41) is 33.4. The van der Waals surface area contributed by atoms with E-state index in [2.05, 4.69) is 16.3 Å². The normalized spacial score (nSPS) is 18.3. The van der Waals surface area contributed by atoms with Crippen LogP contribution >= 0.6 is 11.6 Å². The number of β-amino-alcohol motifs (C(OH)–C–C–N with tert-alkyl or cyclic N) is 1. The molecule has 0 bridgehead atoms. The molecule has 4 N–H and O–H groups in total. The molecule has 2 aromatic rings. The number of carbonyl (C=O) groups is 1. The topological polar surface area (TPSA) is 111 Å². The van der Waals surface area contributed by atoms with Crippen molar-refractivity contribution in [2.75, 3.05) is 32.8 Å². The van der Waals surface area contributed by atoms with Gasteiger partial charge in [-0.2, -0.15) is 0 Å². The Morgan fingerprint density at radius 3 is 2.71 bits per heavy atom. The van der Waals surface area contributed by atoms with Crippen molar-refractivity contribution in [1.29, 1.82) is 0 Å². The number of phenolic OH excluding ortho intramolecular Hbond substituents is 1. The quantitative estimate of drug-likeness (QED) is 0.437. The summed E-state index contributed by atoms with van der Waals surface area (Å²) < 4.78 is 11.9. The molecule has 0 saturated carbocycles. The zero-order valence-corrected chi connectivity index (χ0v) is 20.8. The summed E-state index contributed by atoms with van der Waals surface area (Å²) in [5.41, 5.74) is 1.47. The number of benzene rings is 2. The maximum atomic E-state index is 12.7. The average molecular weight is 505 g/mol. The SMILES string of the molecule is CC(C)(CO)NC(=O)c1ccc(O)cc1OC[C@H](O)CN1CCC2(CC1)OCc1cc(Cl)ccc12. The molecular weight excluding hydrogens is 472 g/mol. The second-order valence-corrected chi connectivity index (χ2v) is 10.5. The van der Waals surface area contributed by atoms with Gasteiger partial charge < -0.3 is 35.0 Å². The highest BCUT2D eigenvalue weighted by Crippen LogP contribution is 2.44. The molecule has 0 aromatic heterocycles. The Balaban J connectivity index is 1.32. The van der Waals surface area contributed by atoms with E-state index in [-0.39, 0.29) is 35.9 Å². The Morgan fingerprint density at radius 2 is 2.00 bits per heavy atom. The molecule has 9 heteroatoms. The van der Waals surface area contributed by atoms with Crippen molar-refractivity contribution in [3.8, 4) is 11.5 Å². The summed E-state index contributed by atoms with van der Waals surface area (Å²) in [6, 6.07) is 10.1. The van der Waals surface area contributed by atoms with Gasteiger partial charge in [0.2, 0.25) is 0 Å². The summed E-state index contributed by atoms with van der Waals surface area (Å²) in [6.07, 6.45) is 0.867. The second-order valence-electron chi connectivity index (χ2n) is 10.0. The first-order chi connectivity index (χ1) is 16.6. The minimum absolute atomic E-state index is 0.0351. The van der Waals surface area contributed by atoms with Gasteiger partial charge in [0.05, 0.1) is 29.9 Å². The summed E-state index contributed by atoms with van der Waals surface area (Å²) in [4.78, 5) is 14.8. The van der Waals surface area contributed by atoms with Crippen LogP contribution in [0.25, 0.3) is 0 Å². The Bertz CT molecular complexity index is 1070. The van der Waals surface area contributed by atoms with Crippen LogP contribution < -0.4 is 10.1 Å². The lowest BCUT2D eigenvalue weighted by Crippen LogP contribution is -2.46. The van der Waals surface area contributed by atoms with Gasteiger partial charge in [-0.25, -0.2) is 0 Å². The number of aliphatic hydroxyl groups is 2. The van der Waals surface area contributed by atoms with Crippen molar-refractivity contribution in [2.45, 2.75) is 50.5 Å². The summed E-state index contributed by atoms with van der Waals surface area (Å²) in [6.45, 7) is 5.67. The average Bonchev–Trinajstić information content (AvgIpc) is 3.16. The predicted octanol–water partition coefficient (Wildman–Crippen LogP) is 2.81. The van der Waals surface area contributed by atoms with E-state index in [9.17, 15) is 20.1 Å². The second kappa shape index (κ2) is 10.3. The monoisotopic (exact) mass is 504 g/mol. The number of aliphatic hydroxyl groups excluding tert-OH is 2. The Morgan fingerprint density at radius 1 is 1.26 bits per heavy atom. The number of hydrogen-bond donors (Lipinski definition) is 4. The molecule has 0 unspecified atom stereocenters. The molecule has 190 valence electrons. The predicted molar refractivity (Wildman–Crippen MR) is 132 cm³/mol. The highest BCUT2D eigenvalue weighted by molar-refractivity contribution is 6.30. The van der Waals surface area contributed by atoms with Gasteiger partial charge in [-0.3, -0.25) is 4.79 Å². The molecule has 2 aromatic carbocycles. The third kappa shape index (κ3) is 5.90. The number of phenols is 1. The number of aromatic hydroxyl groups is 1. The number of fused-ring (bicyclic) bond motifs is 2. The summed E-state index contributed by atoms with van der Waals surface area (Å²) in [7, 11) is 0. The van der Waals surface area contributed by atoms with E-state index in [4.69, 9.17) is 21.1 Å². The number of carbonyl (C=O) groups excluding carboxylic acids is 1. The molecule has 1 amide bonds. The standard InChI is InChI=1S/C26H33ClN2O6/c1-25(2,16-30)28-24(33)21-5-4-19(31)12-23(21)34-15-20(32)13-29-9-7-26(8-10-29)22-6-3-18(27)11-17(22)14-35-26/h3-6,11-12,20,30-32H,7-10,13-16H2,1-2H3,(H,28,33)/t20-/m1/s1. The van der Waals surface area contributed by atoms with Crippen LogP contribution in [0.15, 0.2) is 36.4 Å². The number of nitrogens with zero attached hydrogens (tertiary/aromatic N) is 1. The fourth-order valence-electron chi connectivity index (χ4n) is 4.70. The maximum absolute atomic E-state index is 12.7. The molecule has 1 saturated heterocycles. The molecule has 0 aliphatic carbocycles. The lowest BCUT2D eigenvalue weighted by Gasteiger charge is -2.39. The zero-order chi connectivity index (χ0) is 25.2. The third-order valence-electron chi connectivity index (χ3n) is 6.68. The van der Waals surface area contributed by atoms with Crippen molar-refractivity contribution in [3.63, 3.8) is 0 Å². The van der Waals surface area contributed by atoms with Crippen molar-refractivity contribution >= 4 is 17.5 Å². The van der Waals surface area contributed by atoms with Crippen LogP contribution in [0.1, 0.15) is 48.2 Å². The number of likely N-dealkylation sites (tertiary alicyclic amines) is 1. The molecule has 2 aliphatic rings. The fraction of sp³-hybridized carbons (Fsp3) is 0.500. The van der Waals surface area contributed by atoms with Gasteiger partial charge >= 0.3 is 0 Å². The molecule has 0 radical (unpaired) electrons. The first-order valence-electron chi connectivity index (χ1n) is 11.8. The molecular formula is C26H33ClN2O6. The molecule has 4 rings (SSSR count). The zero-order valence-electron chi connectivity index (χ0n) is 20.1. The fourth-order valence-corrected chi connectivity index (χ4v) is 4.89. The van der Waals surface area contributed by atoms with E-state index in [1.54, 1.807) is 13.8 Å². The molecule has 2 aliphatic heterocycles. The van der Waals surface area contributed by atoms with Crippen molar-refractivity contribution < 1.29 is 29.6 Å². The van der Waals surface area contributed by atoms with Crippen molar-refractivity contribution in [3.05, 3.63) is 58.1 Å². The van der Waals surface area contributed by atoms with E-state index in [1.165, 1.54) is 23.8 Å². The number of hydrogen-bond acceptors (Lipinski definition) is 7. The summed E-state index contributed by atoms with van der Waals surface area (Å²) >= 11 is 6.13. The highest BCUT2D eigenvalue weighted by Gasteiger charge is 2.42. The lowest BCUT2D eigenvalue weighted by atomic mass is 9.84. The van der Waals surface area contributed by atoms with E-state index < -0.39 is 17.6 Å². The molecule has 35 heavy (non-hydrogen) atoms. The van der Waals surface area contributed by atoms with Gasteiger partial charge in [0, 0.05) is 30.7 Å². The molecule has 1 atom stereocenters. The van der Waals surface area contributed by atoms with Crippen LogP contribution in [-0.2, 0) is 16.9 Å². The Hall–Kier alpha value is -2.36. The number of ether oxygens (including phenoxy) is 2. The van der Waals surface area contributed by atoms with Crippen molar-refractivity contribution in [1.82, 2.24) is 10.2 Å². The van der Waals surface area contributed by atoms with Gasteiger partial charge in [0.15, 0.2) is 0 Å². The number of nitrogens with one attached hydrogen (secondary N) is 1. The van der Waals surface area contributed by atoms with Gasteiger partial charge in [-0.15, -0.1) is 0 Å². The molecule has 1 spiro atoms. The summed E-state index contributed by atoms with van der Waals surface area (Å²) in [5.74, 6) is -0.317. The minimum Gasteiger partial charge on any atom is -0.508 e. The Kier molecular flexibility index (Phi) is 7.59. The van der Waals surface area contributed by atoms with Crippen molar-refractivity contribution in [2.24, 2.45) is 0 Å². The number of piperidine rings is 1. The molecule has 2 heterocycles. The Labute approximate surface area is 210 Å². The first-order valence-corrected chi connectivity index (χ1v) is 12.2. The number of halogens is 1. The van der Waals surface area contributed by atoms with E-state index >= 15 is 0 Å². The van der Waals surface area contributed by atoms with Gasteiger partial charge in [-0.1, -0.05) is 17.7 Å². The van der Waals surface area contributed by atoms with E-state index in [1.807, 2.05) is 12.1 Å². The van der Waals surface area contributed by atoms with Crippen LogP contribution in [0.4, 0.5) is 0 Å². The van der Waals surface area contributed by atoms with E-state index in [0.29, 0.717) is 13.2 Å². The van der Waals surface area contributed by atoms with Crippen LogP contribution in [-0.4, -0.2) is 70.6 Å². The number of rotatable bonds is 8. The van der Waals surface area contributed by atoms with Gasteiger partial charge in [0.1, 0.15) is 24.2 Å². The smallest absolute Gasteiger partial charge is 0.255 e. The van der Waals surface area contributed by atoms with E-state index in [0.717, 1.165) is 36.5 Å². The minimum atomic E-state index is -0.812. The maximum Gasteiger partial charge on any atom is 0.255 e. The molecule has 8 nitrogen and oxygen atoms in total. The van der Waals surface area contributed by atoms with Gasteiger partial charge in [-0.05, 0) is 62.1 Å².